The monoisotopic (exact) mass is 504 g/mol. The highest BCUT2D eigenvalue weighted by Gasteiger charge is 2.39. The van der Waals surface area contributed by atoms with Crippen LogP contribution in [-0.4, -0.2) is 23.3 Å². The van der Waals surface area contributed by atoms with Gasteiger partial charge in [0.1, 0.15) is 0 Å². The summed E-state index contributed by atoms with van der Waals surface area (Å²) in [4.78, 5) is 30.2. The predicted molar refractivity (Wildman–Crippen MR) is 147 cm³/mol. The molecule has 0 spiro atoms. The molecule has 4 aromatic rings. The molecule has 1 N–H and O–H groups in total. The zero-order chi connectivity index (χ0) is 26.2. The maximum atomic E-state index is 14.0. The fraction of sp³-hybridized carbons (Fsp3) is 0.219. The average molecular weight is 505 g/mol. The Bertz CT molecular complexity index is 1590. The van der Waals surface area contributed by atoms with Gasteiger partial charge in [0.25, 0.3) is 0 Å². The Balaban J connectivity index is 1.54. The van der Waals surface area contributed by atoms with Gasteiger partial charge in [-0.2, -0.15) is 0 Å². The molecule has 1 aliphatic heterocycles. The number of carbonyl (C=O) groups excluding carboxylic acids is 2. The molecule has 0 amide bonds. The van der Waals surface area contributed by atoms with Crippen molar-refractivity contribution in [2.75, 3.05) is 11.9 Å². The first-order valence-corrected chi connectivity index (χ1v) is 12.9. The highest BCUT2D eigenvalue weighted by atomic mass is 16.6. The molecule has 0 fully saturated rings. The Kier molecular flexibility index (Phi) is 6.16. The molecule has 1 aromatic heterocycles. The standard InChI is InChI=1S/C32H28N2O4/c1-3-37-29-18-21(11-14-28(29)38-19(2)35)30-31-23-10-7-15-33-24(23)12-13-25(31)34-26-16-22(17-27(36)32(26)30)20-8-5-4-6-9-20/h4-15,18,22,30,34H,3,16-17H2,1-2H3. The maximum absolute atomic E-state index is 14.0. The van der Waals surface area contributed by atoms with Crippen LogP contribution in [-0.2, 0) is 9.59 Å². The molecule has 2 unspecified atom stereocenters. The lowest BCUT2D eigenvalue weighted by Crippen LogP contribution is -2.30. The van der Waals surface area contributed by atoms with Crippen LogP contribution in [0.5, 0.6) is 11.5 Å². The number of fused-ring (bicyclic) bond motifs is 3. The number of aromatic nitrogens is 1. The van der Waals surface area contributed by atoms with Crippen molar-refractivity contribution in [2.24, 2.45) is 0 Å². The highest BCUT2D eigenvalue weighted by molar-refractivity contribution is 6.04. The molecule has 6 nitrogen and oxygen atoms in total. The van der Waals surface area contributed by atoms with Crippen molar-refractivity contribution in [1.29, 1.82) is 0 Å². The van der Waals surface area contributed by atoms with Crippen LogP contribution in [0.3, 0.4) is 0 Å². The number of Topliss-reactive ketones (excluding diaryl/α,β-unsaturated/α-hetero) is 1. The summed E-state index contributed by atoms with van der Waals surface area (Å²) < 4.78 is 11.3. The molecular formula is C32H28N2O4. The van der Waals surface area contributed by atoms with E-state index < -0.39 is 5.97 Å². The topological polar surface area (TPSA) is 77.5 Å². The third kappa shape index (κ3) is 4.22. The van der Waals surface area contributed by atoms with E-state index in [-0.39, 0.29) is 17.6 Å². The number of carbonyl (C=O) groups is 2. The fourth-order valence-corrected chi connectivity index (χ4v) is 5.79. The third-order valence-electron chi connectivity index (χ3n) is 7.32. The molecule has 6 heteroatoms. The van der Waals surface area contributed by atoms with Crippen molar-refractivity contribution in [1.82, 2.24) is 4.98 Å². The first kappa shape index (κ1) is 23.9. The summed E-state index contributed by atoms with van der Waals surface area (Å²) in [6.07, 6.45) is 2.97. The quantitative estimate of drug-likeness (QED) is 0.246. The van der Waals surface area contributed by atoms with E-state index in [1.807, 2.05) is 49.4 Å². The summed E-state index contributed by atoms with van der Waals surface area (Å²) >= 11 is 0. The zero-order valence-corrected chi connectivity index (χ0v) is 21.4. The van der Waals surface area contributed by atoms with Crippen LogP contribution in [0, 0.1) is 0 Å². The van der Waals surface area contributed by atoms with Gasteiger partial charge in [0.05, 0.1) is 12.1 Å². The van der Waals surface area contributed by atoms with E-state index in [1.165, 1.54) is 12.5 Å². The summed E-state index contributed by atoms with van der Waals surface area (Å²) in [5, 5.41) is 4.62. The normalized spacial score (nSPS) is 18.4. The lowest BCUT2D eigenvalue weighted by molar-refractivity contribution is -0.132. The number of allylic oxidation sites excluding steroid dienone is 2. The molecule has 0 bridgehead atoms. The summed E-state index contributed by atoms with van der Waals surface area (Å²) in [6.45, 7) is 3.67. The van der Waals surface area contributed by atoms with Gasteiger partial charge < -0.3 is 14.8 Å². The third-order valence-corrected chi connectivity index (χ3v) is 7.32. The van der Waals surface area contributed by atoms with E-state index in [0.717, 1.165) is 45.4 Å². The second kappa shape index (κ2) is 9.78. The largest absolute Gasteiger partial charge is 0.490 e. The molecule has 6 rings (SSSR count). The lowest BCUT2D eigenvalue weighted by atomic mass is 9.71. The molecule has 2 heterocycles. The summed E-state index contributed by atoms with van der Waals surface area (Å²) in [7, 11) is 0. The van der Waals surface area contributed by atoms with Gasteiger partial charge in [-0.1, -0.05) is 42.5 Å². The van der Waals surface area contributed by atoms with Crippen LogP contribution in [0.15, 0.2) is 90.3 Å². The minimum Gasteiger partial charge on any atom is -0.490 e. The lowest BCUT2D eigenvalue weighted by Gasteiger charge is -2.37. The van der Waals surface area contributed by atoms with E-state index in [1.54, 1.807) is 12.3 Å². The Labute approximate surface area is 221 Å². The Morgan fingerprint density at radius 2 is 1.82 bits per heavy atom. The van der Waals surface area contributed by atoms with E-state index in [4.69, 9.17) is 9.47 Å². The van der Waals surface area contributed by atoms with Crippen molar-refractivity contribution < 1.29 is 19.1 Å². The smallest absolute Gasteiger partial charge is 0.308 e. The molecular weight excluding hydrogens is 476 g/mol. The number of nitrogens with zero attached hydrogens (tertiary/aromatic N) is 1. The Morgan fingerprint density at radius 3 is 2.61 bits per heavy atom. The molecule has 2 aliphatic rings. The van der Waals surface area contributed by atoms with Gasteiger partial charge in [0.15, 0.2) is 17.3 Å². The van der Waals surface area contributed by atoms with Crippen LogP contribution in [0.1, 0.15) is 55.2 Å². The molecule has 0 saturated carbocycles. The summed E-state index contributed by atoms with van der Waals surface area (Å²) in [5.41, 5.74) is 6.67. The van der Waals surface area contributed by atoms with Crippen LogP contribution in [0.4, 0.5) is 5.69 Å². The minimum atomic E-state index is -0.414. The Hall–Kier alpha value is -4.45. The maximum Gasteiger partial charge on any atom is 0.308 e. The van der Waals surface area contributed by atoms with Gasteiger partial charge in [-0.05, 0) is 66.3 Å². The average Bonchev–Trinajstić information content (AvgIpc) is 2.93. The predicted octanol–water partition coefficient (Wildman–Crippen LogP) is 6.52. The molecule has 3 aromatic carbocycles. The molecule has 2 atom stereocenters. The number of esters is 1. The number of ether oxygens (including phenoxy) is 2. The van der Waals surface area contributed by atoms with Crippen molar-refractivity contribution in [3.05, 3.63) is 107 Å². The zero-order valence-electron chi connectivity index (χ0n) is 21.4. The van der Waals surface area contributed by atoms with Crippen LogP contribution >= 0.6 is 0 Å². The van der Waals surface area contributed by atoms with E-state index >= 15 is 0 Å². The number of hydrogen-bond acceptors (Lipinski definition) is 6. The molecule has 38 heavy (non-hydrogen) atoms. The number of pyridine rings is 1. The Morgan fingerprint density at radius 1 is 0.974 bits per heavy atom. The number of rotatable bonds is 5. The number of ketones is 1. The number of hydrogen-bond donors (Lipinski definition) is 1. The van der Waals surface area contributed by atoms with Crippen molar-refractivity contribution >= 4 is 28.3 Å². The first-order chi connectivity index (χ1) is 18.5. The van der Waals surface area contributed by atoms with Crippen molar-refractivity contribution in [3.63, 3.8) is 0 Å². The summed E-state index contributed by atoms with van der Waals surface area (Å²) in [6, 6.07) is 23.9. The van der Waals surface area contributed by atoms with Gasteiger partial charge >= 0.3 is 5.97 Å². The van der Waals surface area contributed by atoms with Crippen LogP contribution in [0.25, 0.3) is 10.9 Å². The van der Waals surface area contributed by atoms with E-state index in [0.29, 0.717) is 24.5 Å². The minimum absolute atomic E-state index is 0.115. The highest BCUT2D eigenvalue weighted by Crippen LogP contribution is 2.50. The van der Waals surface area contributed by atoms with Gasteiger partial charge in [-0.15, -0.1) is 0 Å². The van der Waals surface area contributed by atoms with Gasteiger partial charge in [0, 0.05) is 47.8 Å². The van der Waals surface area contributed by atoms with Gasteiger partial charge in [-0.25, -0.2) is 0 Å². The summed E-state index contributed by atoms with van der Waals surface area (Å²) in [5.74, 6) is 0.360. The molecule has 1 aliphatic carbocycles. The number of benzene rings is 3. The second-order valence-electron chi connectivity index (χ2n) is 9.72. The first-order valence-electron chi connectivity index (χ1n) is 12.9. The molecule has 0 radical (unpaired) electrons. The second-order valence-corrected chi connectivity index (χ2v) is 9.72. The van der Waals surface area contributed by atoms with Gasteiger partial charge in [-0.3, -0.25) is 14.6 Å². The number of nitrogens with one attached hydrogen (secondary N) is 1. The van der Waals surface area contributed by atoms with Crippen LogP contribution < -0.4 is 14.8 Å². The van der Waals surface area contributed by atoms with Gasteiger partial charge in [0.2, 0.25) is 0 Å². The number of anilines is 1. The SMILES string of the molecule is CCOc1cc(C2C3=C(CC(c4ccccc4)CC3=O)Nc3ccc4ncccc4c32)ccc1OC(C)=O. The van der Waals surface area contributed by atoms with E-state index in [2.05, 4.69) is 34.6 Å². The van der Waals surface area contributed by atoms with E-state index in [9.17, 15) is 9.59 Å². The fourth-order valence-electron chi connectivity index (χ4n) is 5.79. The molecule has 0 saturated heterocycles. The van der Waals surface area contributed by atoms with Crippen molar-refractivity contribution in [3.8, 4) is 11.5 Å². The molecule has 190 valence electrons. The van der Waals surface area contributed by atoms with Crippen LogP contribution in [0.2, 0.25) is 0 Å². The van der Waals surface area contributed by atoms with Crippen molar-refractivity contribution in [2.45, 2.75) is 38.5 Å².